The van der Waals surface area contributed by atoms with Crippen molar-refractivity contribution in [1.29, 1.82) is 0 Å². The van der Waals surface area contributed by atoms with Gasteiger partial charge < -0.3 is 5.11 Å². The number of hydrogen-bond acceptors (Lipinski definition) is 3. The average molecular weight is 147 g/mol. The predicted molar refractivity (Wildman–Crippen MR) is 35.5 cm³/mol. The Morgan fingerprint density at radius 2 is 2.30 bits per heavy atom. The Morgan fingerprint density at radius 3 is 2.70 bits per heavy atom. The van der Waals surface area contributed by atoms with E-state index in [2.05, 4.69) is 0 Å². The van der Waals surface area contributed by atoms with Crippen LogP contribution in [0.5, 0.6) is 0 Å². The molecule has 1 atom stereocenters. The lowest BCUT2D eigenvalue weighted by Crippen LogP contribution is -2.20. The molecule has 0 fully saturated rings. The average Bonchev–Trinajstić information content (AvgIpc) is 1.99. The van der Waals surface area contributed by atoms with Crippen LogP contribution in [0.2, 0.25) is 0 Å². The summed E-state index contributed by atoms with van der Waals surface area (Å²) in [7, 11) is 0. The second kappa shape index (κ2) is 5.20. The van der Waals surface area contributed by atoms with Gasteiger partial charge in [-0.3, -0.25) is 10.0 Å². The second-order valence-corrected chi connectivity index (χ2v) is 2.14. The van der Waals surface area contributed by atoms with E-state index in [4.69, 9.17) is 10.3 Å². The number of aliphatic hydroxyl groups excluding tert-OH is 1. The summed E-state index contributed by atoms with van der Waals surface area (Å²) in [6.07, 6.45) is 0.782. The third-order valence-corrected chi connectivity index (χ3v) is 1.30. The van der Waals surface area contributed by atoms with E-state index in [0.29, 0.717) is 12.8 Å². The van der Waals surface area contributed by atoms with E-state index in [1.165, 1.54) is 5.48 Å². The largest absolute Gasteiger partial charge is 0.393 e. The molecule has 1 unspecified atom stereocenters. The molecule has 0 bridgehead atoms. The molecule has 4 nitrogen and oxygen atoms in total. The molecule has 0 radical (unpaired) electrons. The molecule has 1 amide bonds. The molecule has 10 heavy (non-hydrogen) atoms. The van der Waals surface area contributed by atoms with E-state index in [9.17, 15) is 4.79 Å². The van der Waals surface area contributed by atoms with Crippen molar-refractivity contribution in [1.82, 2.24) is 5.48 Å². The van der Waals surface area contributed by atoms with Gasteiger partial charge in [0, 0.05) is 6.42 Å². The quantitative estimate of drug-likeness (QED) is 0.388. The van der Waals surface area contributed by atoms with Crippen molar-refractivity contribution in [2.45, 2.75) is 32.3 Å². The summed E-state index contributed by atoms with van der Waals surface area (Å²) in [5, 5.41) is 17.0. The molecule has 0 aromatic rings. The number of aliphatic hydroxyl groups is 1. The summed E-state index contributed by atoms with van der Waals surface area (Å²) in [4.78, 5) is 10.4. The molecule has 0 spiro atoms. The molecule has 0 saturated carbocycles. The van der Waals surface area contributed by atoms with Gasteiger partial charge in [0.25, 0.3) is 0 Å². The molecule has 0 aliphatic rings. The maximum atomic E-state index is 10.4. The van der Waals surface area contributed by atoms with Crippen LogP contribution in [0.25, 0.3) is 0 Å². The van der Waals surface area contributed by atoms with Crippen LogP contribution in [0, 0.1) is 0 Å². The lowest BCUT2D eigenvalue weighted by Gasteiger charge is -2.04. The van der Waals surface area contributed by atoms with Gasteiger partial charge in [0.05, 0.1) is 6.10 Å². The first-order chi connectivity index (χ1) is 4.70. The van der Waals surface area contributed by atoms with Gasteiger partial charge in [0.1, 0.15) is 0 Å². The summed E-state index contributed by atoms with van der Waals surface area (Å²) in [6, 6.07) is 0. The first-order valence-corrected chi connectivity index (χ1v) is 3.31. The molecule has 0 aliphatic carbocycles. The maximum Gasteiger partial charge on any atom is 0.243 e. The number of nitrogens with one attached hydrogen (secondary N) is 1. The normalized spacial score (nSPS) is 12.7. The minimum Gasteiger partial charge on any atom is -0.393 e. The summed E-state index contributed by atoms with van der Waals surface area (Å²) in [5.74, 6) is -0.451. The highest BCUT2D eigenvalue weighted by molar-refractivity contribution is 5.74. The van der Waals surface area contributed by atoms with E-state index in [1.54, 1.807) is 0 Å². The standard InChI is InChI=1S/C6H13NO3/c1-2-5(8)3-4-6(9)7-10/h5,8,10H,2-4H2,1H3,(H,7,9). The van der Waals surface area contributed by atoms with Crippen LogP contribution in [0.15, 0.2) is 0 Å². The van der Waals surface area contributed by atoms with E-state index >= 15 is 0 Å². The van der Waals surface area contributed by atoms with Crippen LogP contribution < -0.4 is 5.48 Å². The Labute approximate surface area is 59.8 Å². The third-order valence-electron chi connectivity index (χ3n) is 1.30. The van der Waals surface area contributed by atoms with E-state index in [-0.39, 0.29) is 6.42 Å². The zero-order valence-electron chi connectivity index (χ0n) is 6.00. The van der Waals surface area contributed by atoms with E-state index in [0.717, 1.165) is 0 Å². The van der Waals surface area contributed by atoms with E-state index in [1.807, 2.05) is 6.92 Å². The topological polar surface area (TPSA) is 69.6 Å². The Hall–Kier alpha value is -0.610. The first kappa shape index (κ1) is 9.39. The fourth-order valence-electron chi connectivity index (χ4n) is 0.558. The highest BCUT2D eigenvalue weighted by Crippen LogP contribution is 1.99. The summed E-state index contributed by atoms with van der Waals surface area (Å²) < 4.78 is 0. The van der Waals surface area contributed by atoms with Gasteiger partial charge in [-0.2, -0.15) is 0 Å². The van der Waals surface area contributed by atoms with Gasteiger partial charge in [-0.15, -0.1) is 0 Å². The number of rotatable bonds is 4. The van der Waals surface area contributed by atoms with Crippen molar-refractivity contribution in [2.75, 3.05) is 0 Å². The number of amides is 1. The van der Waals surface area contributed by atoms with Gasteiger partial charge in [0.15, 0.2) is 0 Å². The lowest BCUT2D eigenvalue weighted by molar-refractivity contribution is -0.129. The maximum absolute atomic E-state index is 10.4. The zero-order valence-corrected chi connectivity index (χ0v) is 6.00. The number of hydroxylamine groups is 1. The molecule has 4 heteroatoms. The molecule has 0 aromatic carbocycles. The Bertz CT molecular complexity index is 105. The molecule has 3 N–H and O–H groups in total. The van der Waals surface area contributed by atoms with Gasteiger partial charge >= 0.3 is 0 Å². The van der Waals surface area contributed by atoms with Crippen LogP contribution in [0.3, 0.4) is 0 Å². The Morgan fingerprint density at radius 1 is 1.70 bits per heavy atom. The smallest absolute Gasteiger partial charge is 0.243 e. The fourth-order valence-corrected chi connectivity index (χ4v) is 0.558. The van der Waals surface area contributed by atoms with Crippen molar-refractivity contribution in [2.24, 2.45) is 0 Å². The molecular weight excluding hydrogens is 134 g/mol. The number of hydrogen-bond donors (Lipinski definition) is 3. The fraction of sp³-hybridized carbons (Fsp3) is 0.833. The lowest BCUT2D eigenvalue weighted by atomic mass is 10.1. The first-order valence-electron chi connectivity index (χ1n) is 3.31. The molecule has 0 rings (SSSR count). The van der Waals surface area contributed by atoms with Crippen LogP contribution in [0.4, 0.5) is 0 Å². The Kier molecular flexibility index (Phi) is 4.88. The van der Waals surface area contributed by atoms with Crippen molar-refractivity contribution in [3.05, 3.63) is 0 Å². The SMILES string of the molecule is CCC(O)CCC(=O)NO. The van der Waals surface area contributed by atoms with Crippen molar-refractivity contribution in [3.8, 4) is 0 Å². The molecule has 0 heterocycles. The monoisotopic (exact) mass is 147 g/mol. The Balaban J connectivity index is 3.26. The van der Waals surface area contributed by atoms with Crippen LogP contribution in [-0.2, 0) is 4.79 Å². The molecule has 0 aliphatic heterocycles. The van der Waals surface area contributed by atoms with Gasteiger partial charge in [-0.05, 0) is 12.8 Å². The van der Waals surface area contributed by atoms with Crippen molar-refractivity contribution >= 4 is 5.91 Å². The summed E-state index contributed by atoms with van der Waals surface area (Å²) >= 11 is 0. The van der Waals surface area contributed by atoms with Gasteiger partial charge in [-0.1, -0.05) is 6.92 Å². The second-order valence-electron chi connectivity index (χ2n) is 2.14. The zero-order chi connectivity index (χ0) is 7.98. The minimum atomic E-state index is -0.451. The number of carbonyl (C=O) groups excluding carboxylic acids is 1. The highest BCUT2D eigenvalue weighted by Gasteiger charge is 2.04. The molecular formula is C6H13NO3. The van der Waals surface area contributed by atoms with Crippen LogP contribution in [0.1, 0.15) is 26.2 Å². The minimum absolute atomic E-state index is 0.172. The van der Waals surface area contributed by atoms with Crippen LogP contribution >= 0.6 is 0 Å². The van der Waals surface area contributed by atoms with Gasteiger partial charge in [-0.25, -0.2) is 5.48 Å². The van der Waals surface area contributed by atoms with Crippen molar-refractivity contribution < 1.29 is 15.1 Å². The summed E-state index contributed by atoms with van der Waals surface area (Å²) in [6.45, 7) is 1.83. The van der Waals surface area contributed by atoms with Crippen LogP contribution in [-0.4, -0.2) is 22.3 Å². The third kappa shape index (κ3) is 4.29. The molecule has 0 aromatic heterocycles. The van der Waals surface area contributed by atoms with Gasteiger partial charge in [0.2, 0.25) is 5.91 Å². The summed E-state index contributed by atoms with van der Waals surface area (Å²) in [5.41, 5.74) is 1.49. The predicted octanol–water partition coefficient (Wildman–Crippen LogP) is 0.0429. The highest BCUT2D eigenvalue weighted by atomic mass is 16.5. The number of carbonyl (C=O) groups is 1. The van der Waals surface area contributed by atoms with E-state index < -0.39 is 12.0 Å². The molecule has 0 saturated heterocycles. The van der Waals surface area contributed by atoms with Crippen molar-refractivity contribution in [3.63, 3.8) is 0 Å². The molecule has 60 valence electrons.